The third-order valence-electron chi connectivity index (χ3n) is 5.86. The van der Waals surface area contributed by atoms with Crippen molar-refractivity contribution in [1.29, 1.82) is 0 Å². The first-order chi connectivity index (χ1) is 14.5. The number of carbonyl (C=O) groups is 1. The lowest BCUT2D eigenvalue weighted by Crippen LogP contribution is -2.49. The lowest BCUT2D eigenvalue weighted by Gasteiger charge is -2.38. The maximum Gasteiger partial charge on any atom is 0.261 e. The first kappa shape index (κ1) is 20.1. The predicted molar refractivity (Wildman–Crippen MR) is 116 cm³/mol. The minimum Gasteiger partial charge on any atom is -0.497 e. The lowest BCUT2D eigenvalue weighted by atomic mass is 10.1. The number of benzene rings is 2. The maximum atomic E-state index is 12.9. The number of hydrogen-bond donors (Lipinski definition) is 0. The number of nitrogens with zero attached hydrogens (tertiary/aromatic N) is 4. The molecule has 2 heterocycles. The summed E-state index contributed by atoms with van der Waals surface area (Å²) in [6.45, 7) is 4.76. The van der Waals surface area contributed by atoms with Gasteiger partial charge in [0.1, 0.15) is 11.6 Å². The minimum absolute atomic E-state index is 0.0115. The summed E-state index contributed by atoms with van der Waals surface area (Å²) in [7, 11) is 3.37. The number of carbonyl (C=O) groups excluding carboxylic acids is 1. The van der Waals surface area contributed by atoms with Crippen molar-refractivity contribution < 1.29 is 9.53 Å². The molecule has 1 unspecified atom stereocenters. The fourth-order valence-electron chi connectivity index (χ4n) is 4.02. The van der Waals surface area contributed by atoms with Crippen molar-refractivity contribution in [3.8, 4) is 5.75 Å². The molecule has 0 spiro atoms. The highest BCUT2D eigenvalue weighted by Gasteiger charge is 2.27. The zero-order chi connectivity index (χ0) is 21.3. The smallest absolute Gasteiger partial charge is 0.261 e. The summed E-state index contributed by atoms with van der Waals surface area (Å²) in [5.74, 6) is 1.43. The minimum atomic E-state index is -0.0331. The van der Waals surface area contributed by atoms with E-state index in [1.165, 1.54) is 0 Å². The molecular formula is C23H26N4O3. The number of para-hydroxylation sites is 1. The Labute approximate surface area is 175 Å². The van der Waals surface area contributed by atoms with E-state index >= 15 is 0 Å². The van der Waals surface area contributed by atoms with Gasteiger partial charge < -0.3 is 9.64 Å². The molecule has 1 amide bonds. The van der Waals surface area contributed by atoms with E-state index in [0.717, 1.165) is 18.9 Å². The zero-order valence-corrected chi connectivity index (χ0v) is 17.5. The summed E-state index contributed by atoms with van der Waals surface area (Å²) in [6.07, 6.45) is 0. The third kappa shape index (κ3) is 3.68. The second kappa shape index (κ2) is 8.28. The molecule has 0 bridgehead atoms. The number of hydrogen-bond acceptors (Lipinski definition) is 5. The van der Waals surface area contributed by atoms with E-state index in [9.17, 15) is 9.59 Å². The van der Waals surface area contributed by atoms with Gasteiger partial charge in [0, 0.05) is 38.8 Å². The third-order valence-corrected chi connectivity index (χ3v) is 5.86. The molecule has 1 aliphatic heterocycles. The van der Waals surface area contributed by atoms with Crippen molar-refractivity contribution >= 4 is 16.8 Å². The molecule has 3 aromatic rings. The Kier molecular flexibility index (Phi) is 5.55. The van der Waals surface area contributed by atoms with E-state index in [0.29, 0.717) is 35.3 Å². The normalized spacial score (nSPS) is 15.9. The Morgan fingerprint density at radius 3 is 2.53 bits per heavy atom. The van der Waals surface area contributed by atoms with Gasteiger partial charge in [0.2, 0.25) is 0 Å². The van der Waals surface area contributed by atoms with Crippen LogP contribution in [0.25, 0.3) is 10.9 Å². The monoisotopic (exact) mass is 406 g/mol. The predicted octanol–water partition coefficient (Wildman–Crippen LogP) is 2.46. The van der Waals surface area contributed by atoms with Gasteiger partial charge in [-0.05, 0) is 37.3 Å². The summed E-state index contributed by atoms with van der Waals surface area (Å²) >= 11 is 0. The molecule has 2 aromatic carbocycles. The Morgan fingerprint density at radius 1 is 1.07 bits per heavy atom. The number of fused-ring (bicyclic) bond motifs is 1. The number of piperazine rings is 1. The number of methoxy groups -OCH3 is 1. The van der Waals surface area contributed by atoms with Gasteiger partial charge in [-0.1, -0.05) is 18.2 Å². The van der Waals surface area contributed by atoms with Gasteiger partial charge in [-0.25, -0.2) is 4.98 Å². The number of ether oxygens (including phenoxy) is 1. The van der Waals surface area contributed by atoms with E-state index in [2.05, 4.69) is 11.8 Å². The van der Waals surface area contributed by atoms with Gasteiger partial charge in [0.05, 0.1) is 24.1 Å². The molecule has 156 valence electrons. The number of rotatable bonds is 4. The van der Waals surface area contributed by atoms with Crippen LogP contribution in [0.15, 0.2) is 53.3 Å². The van der Waals surface area contributed by atoms with Gasteiger partial charge in [-0.15, -0.1) is 0 Å². The highest BCUT2D eigenvalue weighted by Crippen LogP contribution is 2.22. The second-order valence-electron chi connectivity index (χ2n) is 7.59. The molecule has 1 fully saturated rings. The molecule has 0 saturated carbocycles. The Hall–Kier alpha value is -3.19. The van der Waals surface area contributed by atoms with Crippen LogP contribution >= 0.6 is 0 Å². The summed E-state index contributed by atoms with van der Waals surface area (Å²) in [5.41, 5.74) is 1.32. The largest absolute Gasteiger partial charge is 0.497 e. The summed E-state index contributed by atoms with van der Waals surface area (Å²) in [6, 6.07) is 14.6. The molecule has 7 heteroatoms. The quantitative estimate of drug-likeness (QED) is 0.666. The van der Waals surface area contributed by atoms with Crippen LogP contribution < -0.4 is 10.3 Å². The van der Waals surface area contributed by atoms with E-state index in [1.54, 1.807) is 24.8 Å². The lowest BCUT2D eigenvalue weighted by molar-refractivity contribution is 0.0572. The molecule has 0 radical (unpaired) electrons. The van der Waals surface area contributed by atoms with Crippen LogP contribution in [-0.2, 0) is 7.05 Å². The van der Waals surface area contributed by atoms with Gasteiger partial charge in [-0.2, -0.15) is 0 Å². The fraction of sp³-hybridized carbons (Fsp3) is 0.348. The van der Waals surface area contributed by atoms with E-state index in [4.69, 9.17) is 9.72 Å². The van der Waals surface area contributed by atoms with Crippen molar-refractivity contribution in [2.75, 3.05) is 33.3 Å². The van der Waals surface area contributed by atoms with Crippen LogP contribution in [0.3, 0.4) is 0 Å². The van der Waals surface area contributed by atoms with Gasteiger partial charge in [0.15, 0.2) is 0 Å². The molecule has 1 atom stereocenters. The van der Waals surface area contributed by atoms with Crippen molar-refractivity contribution in [3.05, 3.63) is 70.3 Å². The zero-order valence-electron chi connectivity index (χ0n) is 17.5. The van der Waals surface area contributed by atoms with Crippen LogP contribution in [-0.4, -0.2) is 58.5 Å². The highest BCUT2D eigenvalue weighted by molar-refractivity contribution is 5.94. The van der Waals surface area contributed by atoms with E-state index in [-0.39, 0.29) is 17.5 Å². The summed E-state index contributed by atoms with van der Waals surface area (Å²) in [4.78, 5) is 34.5. The van der Waals surface area contributed by atoms with Gasteiger partial charge in [0.25, 0.3) is 11.5 Å². The first-order valence-electron chi connectivity index (χ1n) is 10.1. The molecule has 1 aliphatic rings. The average Bonchev–Trinajstić information content (AvgIpc) is 2.80. The first-order valence-corrected chi connectivity index (χ1v) is 10.1. The van der Waals surface area contributed by atoms with Crippen molar-refractivity contribution in [2.24, 2.45) is 7.05 Å². The van der Waals surface area contributed by atoms with Gasteiger partial charge >= 0.3 is 0 Å². The molecule has 0 N–H and O–H groups in total. The molecular weight excluding hydrogens is 380 g/mol. The standard InChI is InChI=1S/C23H26N4O3/c1-16(21-24-20-10-5-4-9-19(20)23(29)25(21)2)26-11-13-27(14-12-26)22(28)17-7-6-8-18(15-17)30-3/h4-10,15-16H,11-14H2,1-3H3. The SMILES string of the molecule is COc1cccc(C(=O)N2CCN(C(C)c3nc4ccccc4c(=O)n3C)CC2)c1. The molecule has 7 nitrogen and oxygen atoms in total. The molecule has 0 aliphatic carbocycles. The summed E-state index contributed by atoms with van der Waals surface area (Å²) < 4.78 is 6.87. The van der Waals surface area contributed by atoms with Crippen LogP contribution in [0.2, 0.25) is 0 Å². The molecule has 4 rings (SSSR count). The van der Waals surface area contributed by atoms with Crippen LogP contribution in [0.1, 0.15) is 29.1 Å². The second-order valence-corrected chi connectivity index (χ2v) is 7.59. The summed E-state index contributed by atoms with van der Waals surface area (Å²) in [5, 5.41) is 0.629. The van der Waals surface area contributed by atoms with Crippen LogP contribution in [0.5, 0.6) is 5.75 Å². The van der Waals surface area contributed by atoms with Crippen LogP contribution in [0, 0.1) is 0 Å². The van der Waals surface area contributed by atoms with Crippen LogP contribution in [0.4, 0.5) is 0 Å². The highest BCUT2D eigenvalue weighted by atomic mass is 16.5. The van der Waals surface area contributed by atoms with E-state index in [1.807, 2.05) is 47.4 Å². The number of aromatic nitrogens is 2. The molecule has 1 aromatic heterocycles. The Morgan fingerprint density at radius 2 is 1.80 bits per heavy atom. The molecule has 30 heavy (non-hydrogen) atoms. The van der Waals surface area contributed by atoms with E-state index < -0.39 is 0 Å². The Bertz CT molecular complexity index is 1130. The Balaban J connectivity index is 1.49. The fourth-order valence-corrected chi connectivity index (χ4v) is 4.02. The molecule has 1 saturated heterocycles. The number of amides is 1. The maximum absolute atomic E-state index is 12.9. The average molecular weight is 406 g/mol. The van der Waals surface area contributed by atoms with Crippen molar-refractivity contribution in [3.63, 3.8) is 0 Å². The van der Waals surface area contributed by atoms with Crippen molar-refractivity contribution in [1.82, 2.24) is 19.4 Å². The van der Waals surface area contributed by atoms with Gasteiger partial charge in [-0.3, -0.25) is 19.1 Å². The topological polar surface area (TPSA) is 67.7 Å². The van der Waals surface area contributed by atoms with Crippen molar-refractivity contribution in [2.45, 2.75) is 13.0 Å².